The van der Waals surface area contributed by atoms with Crippen LogP contribution >= 0.6 is 0 Å². The number of aliphatic hydroxyl groups is 3. The molecule has 3 N–H and O–H groups in total. The van der Waals surface area contributed by atoms with E-state index in [-0.39, 0.29) is 0 Å². The molecule has 0 bridgehead atoms. The van der Waals surface area contributed by atoms with Gasteiger partial charge in [-0.1, -0.05) is 0 Å². The molecule has 0 aliphatic carbocycles. The van der Waals surface area contributed by atoms with Crippen molar-refractivity contribution in [2.75, 3.05) is 0 Å². The number of rotatable bonds is 1. The Balaban J connectivity index is 2.46. The number of cyclic esters (lactones) is 4. The van der Waals surface area contributed by atoms with Gasteiger partial charge in [0.05, 0.1) is 0 Å². The van der Waals surface area contributed by atoms with Crippen LogP contribution in [0.15, 0.2) is 24.3 Å². The van der Waals surface area contributed by atoms with Crippen LogP contribution in [0.1, 0.15) is 0 Å². The molecule has 0 fully saturated rings. The van der Waals surface area contributed by atoms with Crippen LogP contribution in [-0.4, -0.2) is 57.2 Å². The molecule has 2 heterocycles. The molecule has 0 saturated carbocycles. The molecule has 2 unspecified atom stereocenters. The summed E-state index contributed by atoms with van der Waals surface area (Å²) in [4.78, 5) is 45.1. The second kappa shape index (κ2) is 5.22. The van der Waals surface area contributed by atoms with E-state index in [9.17, 15) is 34.5 Å². The van der Waals surface area contributed by atoms with Gasteiger partial charge < -0.3 is 34.3 Å². The van der Waals surface area contributed by atoms with E-state index < -0.39 is 41.9 Å². The summed E-state index contributed by atoms with van der Waals surface area (Å²) < 4.78 is 17.0. The number of carbonyl (C=O) groups is 4. The van der Waals surface area contributed by atoms with Crippen LogP contribution in [-0.2, 0) is 38.1 Å². The summed E-state index contributed by atoms with van der Waals surface area (Å²) in [6.45, 7) is 0. The minimum absolute atomic E-state index is 0.487. The first-order valence-electron chi connectivity index (χ1n) is 5.55. The molecule has 2 rings (SSSR count). The maximum atomic E-state index is 11.4. The van der Waals surface area contributed by atoms with Gasteiger partial charge in [0.2, 0.25) is 0 Å². The molecule has 2 aliphatic heterocycles. The van der Waals surface area contributed by atoms with Crippen molar-refractivity contribution < 1.29 is 53.4 Å². The monoisotopic (exact) mass is 316 g/mol. The van der Waals surface area contributed by atoms with Crippen LogP contribution in [0.5, 0.6) is 0 Å². The fraction of sp³-hybridized carbons (Fsp3) is 0.273. The number of ether oxygens (including phenoxy) is 4. The molecule has 0 amide bonds. The van der Waals surface area contributed by atoms with E-state index >= 15 is 0 Å². The van der Waals surface area contributed by atoms with Gasteiger partial charge >= 0.3 is 35.6 Å². The third-order valence-corrected chi connectivity index (χ3v) is 2.46. The lowest BCUT2D eigenvalue weighted by Gasteiger charge is -2.39. The van der Waals surface area contributed by atoms with E-state index in [2.05, 4.69) is 18.9 Å². The number of aliphatic hydroxyl groups excluding tert-OH is 1. The van der Waals surface area contributed by atoms with Crippen LogP contribution in [0.3, 0.4) is 0 Å². The number of carbonyl (C=O) groups excluding carboxylic acids is 4. The molecular formula is C11H8O11. The number of esters is 4. The van der Waals surface area contributed by atoms with Crippen molar-refractivity contribution >= 4 is 23.9 Å². The van der Waals surface area contributed by atoms with E-state index in [0.717, 1.165) is 0 Å². The maximum Gasteiger partial charge on any atom is 0.451 e. The smallest absolute Gasteiger partial charge is 0.425 e. The summed E-state index contributed by atoms with van der Waals surface area (Å²) in [6.07, 6.45) is -0.639. The standard InChI is InChI=1S/C11H8O11/c12-5-1-2-6(13)20-10(17,9(16)19-5)11(18)21-7(14)3-4-8(15)22-11/h1-4,9,16-18H/b2-1-. The quantitative estimate of drug-likeness (QED) is 0.332. The van der Waals surface area contributed by atoms with Gasteiger partial charge in [0, 0.05) is 24.3 Å². The highest BCUT2D eigenvalue weighted by atomic mass is 16.9. The molecular weight excluding hydrogens is 308 g/mol. The predicted molar refractivity (Wildman–Crippen MR) is 58.6 cm³/mol. The molecule has 11 nitrogen and oxygen atoms in total. The molecule has 118 valence electrons. The topological polar surface area (TPSA) is 166 Å². The Morgan fingerprint density at radius 3 is 1.68 bits per heavy atom. The average molecular weight is 316 g/mol. The lowest BCUT2D eigenvalue weighted by atomic mass is 10.2. The largest absolute Gasteiger partial charge is 0.451 e. The Labute approximate surface area is 120 Å². The highest BCUT2D eigenvalue weighted by Gasteiger charge is 2.67. The van der Waals surface area contributed by atoms with Crippen molar-refractivity contribution in [3.05, 3.63) is 24.3 Å². The van der Waals surface area contributed by atoms with Crippen LogP contribution in [0.4, 0.5) is 0 Å². The van der Waals surface area contributed by atoms with Crippen molar-refractivity contribution in [2.45, 2.75) is 18.1 Å². The van der Waals surface area contributed by atoms with Gasteiger partial charge in [-0.2, -0.15) is 0 Å². The zero-order valence-electron chi connectivity index (χ0n) is 10.5. The highest BCUT2D eigenvalue weighted by Crippen LogP contribution is 2.33. The zero-order valence-corrected chi connectivity index (χ0v) is 10.5. The minimum Gasteiger partial charge on any atom is -0.425 e. The summed E-state index contributed by atoms with van der Waals surface area (Å²) in [7, 11) is 0. The molecule has 2 aliphatic rings. The number of hydrogen-bond donors (Lipinski definition) is 3. The normalized spacial score (nSPS) is 32.6. The van der Waals surface area contributed by atoms with Crippen LogP contribution in [0.25, 0.3) is 0 Å². The zero-order chi connectivity index (χ0) is 16.5. The Morgan fingerprint density at radius 1 is 0.773 bits per heavy atom. The Hall–Kier alpha value is -2.76. The van der Waals surface area contributed by atoms with Gasteiger partial charge in [-0.3, -0.25) is 0 Å². The van der Waals surface area contributed by atoms with Gasteiger partial charge in [0.25, 0.3) is 6.29 Å². The average Bonchev–Trinajstić information content (AvgIpc) is 2.54. The van der Waals surface area contributed by atoms with Crippen molar-refractivity contribution in [1.82, 2.24) is 0 Å². The molecule has 0 spiro atoms. The van der Waals surface area contributed by atoms with Crippen LogP contribution in [0, 0.1) is 0 Å². The van der Waals surface area contributed by atoms with E-state index in [1.165, 1.54) is 0 Å². The Kier molecular flexibility index (Phi) is 3.70. The fourth-order valence-corrected chi connectivity index (χ4v) is 1.47. The first-order valence-corrected chi connectivity index (χ1v) is 5.55. The molecule has 11 heteroatoms. The molecule has 22 heavy (non-hydrogen) atoms. The molecule has 2 atom stereocenters. The minimum atomic E-state index is -3.68. The SMILES string of the molecule is O=C1C=CC(=O)OC(O)(C2(O)OC(=O)/C=C\C(=O)OC2O)O1. The van der Waals surface area contributed by atoms with E-state index in [4.69, 9.17) is 0 Å². The maximum absolute atomic E-state index is 11.4. The summed E-state index contributed by atoms with van der Waals surface area (Å²) in [5, 5.41) is 29.8. The molecule has 0 aromatic heterocycles. The van der Waals surface area contributed by atoms with Gasteiger partial charge in [-0.05, 0) is 0 Å². The van der Waals surface area contributed by atoms with Crippen molar-refractivity contribution in [1.29, 1.82) is 0 Å². The van der Waals surface area contributed by atoms with Gasteiger partial charge in [-0.15, -0.1) is 0 Å². The van der Waals surface area contributed by atoms with Crippen molar-refractivity contribution in [2.24, 2.45) is 0 Å². The highest BCUT2D eigenvalue weighted by molar-refractivity contribution is 5.94. The van der Waals surface area contributed by atoms with Crippen LogP contribution in [0.2, 0.25) is 0 Å². The van der Waals surface area contributed by atoms with Gasteiger partial charge in [0.15, 0.2) is 0 Å². The predicted octanol–water partition coefficient (Wildman–Crippen LogP) is -3.05. The van der Waals surface area contributed by atoms with Crippen LogP contribution < -0.4 is 0 Å². The Bertz CT molecular complexity index is 583. The first kappa shape index (κ1) is 15.6. The van der Waals surface area contributed by atoms with E-state index in [1.807, 2.05) is 0 Å². The lowest BCUT2D eigenvalue weighted by Crippen LogP contribution is -2.67. The lowest BCUT2D eigenvalue weighted by molar-refractivity contribution is -0.474. The molecule has 0 radical (unpaired) electrons. The van der Waals surface area contributed by atoms with E-state index in [1.54, 1.807) is 0 Å². The van der Waals surface area contributed by atoms with Crippen molar-refractivity contribution in [3.8, 4) is 0 Å². The summed E-state index contributed by atoms with van der Waals surface area (Å²) in [6, 6.07) is 0. The molecule has 0 aromatic rings. The van der Waals surface area contributed by atoms with Gasteiger partial charge in [0.1, 0.15) is 0 Å². The summed E-state index contributed by atoms with van der Waals surface area (Å²) in [5.74, 6) is -12.8. The van der Waals surface area contributed by atoms with Gasteiger partial charge in [-0.25, -0.2) is 19.2 Å². The van der Waals surface area contributed by atoms with E-state index in [0.29, 0.717) is 24.3 Å². The second-order valence-corrected chi connectivity index (χ2v) is 4.00. The molecule has 0 saturated heterocycles. The fourth-order valence-electron chi connectivity index (χ4n) is 1.47. The summed E-state index contributed by atoms with van der Waals surface area (Å²) >= 11 is 0. The number of hydrogen-bond acceptors (Lipinski definition) is 11. The molecule has 0 aromatic carbocycles. The first-order chi connectivity index (χ1) is 10.2. The summed E-state index contributed by atoms with van der Waals surface area (Å²) in [5.41, 5.74) is 0. The third kappa shape index (κ3) is 2.67. The van der Waals surface area contributed by atoms with Crippen molar-refractivity contribution in [3.63, 3.8) is 0 Å². The second-order valence-electron chi connectivity index (χ2n) is 4.00. The Morgan fingerprint density at radius 2 is 1.18 bits per heavy atom. The third-order valence-electron chi connectivity index (χ3n) is 2.46.